The second-order valence-corrected chi connectivity index (χ2v) is 7.82. The number of nitrogens with zero attached hydrogens (tertiary/aromatic N) is 2. The molecule has 2 aromatic heterocycles. The molecular formula is C20H22N2O5S. The van der Waals surface area contributed by atoms with Crippen molar-refractivity contribution >= 4 is 23.0 Å². The minimum Gasteiger partial charge on any atom is -0.503 e. The third-order valence-corrected chi connectivity index (χ3v) is 5.95. The number of morpholine rings is 1. The molecule has 2 aliphatic heterocycles. The molecule has 0 saturated carbocycles. The van der Waals surface area contributed by atoms with Gasteiger partial charge < -0.3 is 19.2 Å². The van der Waals surface area contributed by atoms with Gasteiger partial charge in [-0.3, -0.25) is 14.5 Å². The fraction of sp³-hybridized carbons (Fsp3) is 0.400. The molecule has 0 aromatic carbocycles. The molecule has 148 valence electrons. The van der Waals surface area contributed by atoms with E-state index in [1.165, 1.54) is 16.2 Å². The van der Waals surface area contributed by atoms with E-state index < -0.39 is 17.7 Å². The number of Topliss-reactive ketones (excluding diaryl/α,β-unsaturated/α-hetero) is 1. The van der Waals surface area contributed by atoms with Crippen molar-refractivity contribution in [1.82, 2.24) is 9.80 Å². The normalized spacial score (nSPS) is 21.0. The van der Waals surface area contributed by atoms with E-state index >= 15 is 0 Å². The maximum absolute atomic E-state index is 13.1. The molecule has 8 heteroatoms. The van der Waals surface area contributed by atoms with Crippen LogP contribution in [0.5, 0.6) is 0 Å². The van der Waals surface area contributed by atoms with Gasteiger partial charge >= 0.3 is 0 Å². The van der Waals surface area contributed by atoms with Gasteiger partial charge in [0.1, 0.15) is 17.6 Å². The summed E-state index contributed by atoms with van der Waals surface area (Å²) in [5, 5.41) is 12.4. The standard InChI is InChI=1S/C20H22N2O5S/c1-13-4-5-14(27-13)17-16(18(23)15-3-2-12-28-15)19(24)20(25)22(17)7-6-21-8-10-26-11-9-21/h2-5,12,17,24H,6-11H2,1H3/t17-/m0/s1. The number of amides is 1. The lowest BCUT2D eigenvalue weighted by molar-refractivity contribution is -0.130. The molecule has 0 bridgehead atoms. The van der Waals surface area contributed by atoms with Gasteiger partial charge in [0.15, 0.2) is 5.76 Å². The predicted octanol–water partition coefficient (Wildman–Crippen LogP) is 2.56. The van der Waals surface area contributed by atoms with Crippen LogP contribution in [0.2, 0.25) is 0 Å². The van der Waals surface area contributed by atoms with Gasteiger partial charge in [-0.2, -0.15) is 0 Å². The predicted molar refractivity (Wildman–Crippen MR) is 103 cm³/mol. The molecule has 0 aliphatic carbocycles. The van der Waals surface area contributed by atoms with Crippen LogP contribution in [0.1, 0.15) is 27.2 Å². The number of aryl methyl sites for hydroxylation is 1. The van der Waals surface area contributed by atoms with Crippen molar-refractivity contribution in [2.75, 3.05) is 39.4 Å². The van der Waals surface area contributed by atoms with Crippen molar-refractivity contribution in [1.29, 1.82) is 0 Å². The molecule has 2 aliphatic rings. The highest BCUT2D eigenvalue weighted by Crippen LogP contribution is 2.39. The lowest BCUT2D eigenvalue weighted by atomic mass is 10.0. The minimum absolute atomic E-state index is 0.0868. The zero-order valence-corrected chi connectivity index (χ0v) is 16.4. The fourth-order valence-electron chi connectivity index (χ4n) is 3.63. The Morgan fingerprint density at radius 2 is 2.04 bits per heavy atom. The van der Waals surface area contributed by atoms with Gasteiger partial charge in [0, 0.05) is 26.2 Å². The van der Waals surface area contributed by atoms with Crippen LogP contribution in [0.15, 0.2) is 45.4 Å². The number of aliphatic hydroxyl groups is 1. The number of furan rings is 1. The van der Waals surface area contributed by atoms with Gasteiger partial charge in [-0.05, 0) is 30.5 Å². The van der Waals surface area contributed by atoms with E-state index in [0.717, 1.165) is 13.1 Å². The van der Waals surface area contributed by atoms with E-state index in [1.54, 1.807) is 29.6 Å². The third kappa shape index (κ3) is 3.50. The SMILES string of the molecule is Cc1ccc([C@H]2C(C(=O)c3cccs3)=C(O)C(=O)N2CCN2CCOCC2)o1. The average Bonchev–Trinajstić information content (AvgIpc) is 3.43. The van der Waals surface area contributed by atoms with Crippen molar-refractivity contribution < 1.29 is 23.8 Å². The van der Waals surface area contributed by atoms with Crippen molar-refractivity contribution in [3.05, 3.63) is 57.4 Å². The lowest BCUT2D eigenvalue weighted by Crippen LogP contribution is -2.43. The van der Waals surface area contributed by atoms with Crippen molar-refractivity contribution in [3.63, 3.8) is 0 Å². The largest absolute Gasteiger partial charge is 0.503 e. The first-order valence-electron chi connectivity index (χ1n) is 9.25. The number of ketones is 1. The molecule has 4 rings (SSSR count). The number of carbonyl (C=O) groups is 2. The van der Waals surface area contributed by atoms with Gasteiger partial charge in [-0.1, -0.05) is 6.07 Å². The zero-order valence-electron chi connectivity index (χ0n) is 15.6. The Morgan fingerprint density at radius 1 is 1.25 bits per heavy atom. The molecule has 1 amide bonds. The molecule has 7 nitrogen and oxygen atoms in total. The van der Waals surface area contributed by atoms with Crippen molar-refractivity contribution in [2.45, 2.75) is 13.0 Å². The smallest absolute Gasteiger partial charge is 0.290 e. The molecule has 2 aromatic rings. The lowest BCUT2D eigenvalue weighted by Gasteiger charge is -2.30. The van der Waals surface area contributed by atoms with Crippen LogP contribution < -0.4 is 0 Å². The first-order chi connectivity index (χ1) is 13.6. The minimum atomic E-state index is -0.725. The maximum atomic E-state index is 13.1. The van der Waals surface area contributed by atoms with E-state index in [1.807, 2.05) is 6.92 Å². The van der Waals surface area contributed by atoms with E-state index in [0.29, 0.717) is 42.7 Å². The maximum Gasteiger partial charge on any atom is 0.290 e. The number of aliphatic hydroxyl groups excluding tert-OH is 1. The summed E-state index contributed by atoms with van der Waals surface area (Å²) in [5.74, 6) is -0.193. The zero-order chi connectivity index (χ0) is 19.7. The number of hydrogen-bond donors (Lipinski definition) is 1. The summed E-state index contributed by atoms with van der Waals surface area (Å²) in [5.41, 5.74) is 0.0868. The molecule has 0 unspecified atom stereocenters. The van der Waals surface area contributed by atoms with E-state index in [2.05, 4.69) is 4.90 Å². The summed E-state index contributed by atoms with van der Waals surface area (Å²) in [7, 11) is 0. The van der Waals surface area contributed by atoms with Crippen LogP contribution in [-0.4, -0.2) is 66.0 Å². The first-order valence-corrected chi connectivity index (χ1v) is 10.1. The molecule has 0 spiro atoms. The van der Waals surface area contributed by atoms with Gasteiger partial charge in [-0.15, -0.1) is 11.3 Å². The molecule has 1 atom stereocenters. The summed E-state index contributed by atoms with van der Waals surface area (Å²) in [6.45, 7) is 5.76. The number of thiophene rings is 1. The van der Waals surface area contributed by atoms with Gasteiger partial charge in [0.25, 0.3) is 5.91 Å². The Kier molecular flexibility index (Phi) is 5.34. The molecule has 1 N–H and O–H groups in total. The number of rotatable bonds is 6. The quantitative estimate of drug-likeness (QED) is 0.748. The van der Waals surface area contributed by atoms with Crippen LogP contribution in [0.4, 0.5) is 0 Å². The average molecular weight is 402 g/mol. The molecule has 1 fully saturated rings. The van der Waals surface area contributed by atoms with E-state index in [-0.39, 0.29) is 11.4 Å². The Morgan fingerprint density at radius 3 is 2.68 bits per heavy atom. The van der Waals surface area contributed by atoms with Crippen LogP contribution in [0, 0.1) is 6.92 Å². The topological polar surface area (TPSA) is 83.2 Å². The van der Waals surface area contributed by atoms with Crippen LogP contribution >= 0.6 is 11.3 Å². The Hall–Kier alpha value is -2.42. The number of carbonyl (C=O) groups excluding carboxylic acids is 2. The van der Waals surface area contributed by atoms with Crippen LogP contribution in [0.25, 0.3) is 0 Å². The highest BCUT2D eigenvalue weighted by Gasteiger charge is 2.45. The summed E-state index contributed by atoms with van der Waals surface area (Å²) in [6.07, 6.45) is 0. The van der Waals surface area contributed by atoms with E-state index in [4.69, 9.17) is 9.15 Å². The number of ether oxygens (including phenoxy) is 1. The molecule has 0 radical (unpaired) electrons. The van der Waals surface area contributed by atoms with Crippen molar-refractivity contribution in [2.24, 2.45) is 0 Å². The van der Waals surface area contributed by atoms with Crippen LogP contribution in [-0.2, 0) is 9.53 Å². The first kappa shape index (κ1) is 18.9. The highest BCUT2D eigenvalue weighted by atomic mass is 32.1. The highest BCUT2D eigenvalue weighted by molar-refractivity contribution is 7.12. The second kappa shape index (κ2) is 7.90. The van der Waals surface area contributed by atoms with Crippen molar-refractivity contribution in [3.8, 4) is 0 Å². The monoisotopic (exact) mass is 402 g/mol. The molecular weight excluding hydrogens is 380 g/mol. The molecule has 28 heavy (non-hydrogen) atoms. The summed E-state index contributed by atoms with van der Waals surface area (Å²) >= 11 is 1.28. The van der Waals surface area contributed by atoms with E-state index in [9.17, 15) is 14.7 Å². The van der Waals surface area contributed by atoms with Crippen LogP contribution in [0.3, 0.4) is 0 Å². The Labute approximate surface area is 166 Å². The summed E-state index contributed by atoms with van der Waals surface area (Å²) in [6, 6.07) is 6.29. The fourth-order valence-corrected chi connectivity index (χ4v) is 4.30. The van der Waals surface area contributed by atoms with Gasteiger partial charge in [0.05, 0.1) is 23.7 Å². The second-order valence-electron chi connectivity index (χ2n) is 6.87. The number of hydrogen-bond acceptors (Lipinski definition) is 7. The van der Waals surface area contributed by atoms with Gasteiger partial charge in [-0.25, -0.2) is 0 Å². The Bertz CT molecular complexity index is 896. The molecule has 4 heterocycles. The summed E-state index contributed by atoms with van der Waals surface area (Å²) in [4.78, 5) is 30.1. The molecule has 1 saturated heterocycles. The summed E-state index contributed by atoms with van der Waals surface area (Å²) < 4.78 is 11.1. The Balaban J connectivity index is 1.64. The third-order valence-electron chi connectivity index (χ3n) is 5.08. The van der Waals surface area contributed by atoms with Gasteiger partial charge in [0.2, 0.25) is 5.78 Å².